The smallest absolute Gasteiger partial charge is 0.335 e. The van der Waals surface area contributed by atoms with Crippen LogP contribution in [0.1, 0.15) is 18.4 Å². The fraction of sp³-hybridized carbons (Fsp3) is 0.438. The molecule has 0 heterocycles. The predicted molar refractivity (Wildman–Crippen MR) is 81.2 cm³/mol. The van der Waals surface area contributed by atoms with Crippen molar-refractivity contribution in [2.75, 3.05) is 0 Å². The van der Waals surface area contributed by atoms with Gasteiger partial charge in [-0.2, -0.15) is 0 Å². The van der Waals surface area contributed by atoms with E-state index in [0.717, 1.165) is 5.56 Å². The molecule has 0 aliphatic heterocycles. The van der Waals surface area contributed by atoms with E-state index in [1.807, 2.05) is 0 Å². The molecule has 1 aromatic rings. The minimum Gasteiger partial charge on any atom is -0.481 e. The maximum absolute atomic E-state index is 11.8. The zero-order chi connectivity index (χ0) is 18.3. The number of carboxylic acid groups (broad SMARTS) is 2. The van der Waals surface area contributed by atoms with Crippen molar-refractivity contribution in [1.29, 1.82) is 0 Å². The highest BCUT2D eigenvalue weighted by molar-refractivity contribution is 5.85. The molecule has 1 aromatic carbocycles. The lowest BCUT2D eigenvalue weighted by Crippen LogP contribution is -2.46. The largest absolute Gasteiger partial charge is 0.481 e. The van der Waals surface area contributed by atoms with E-state index in [-0.39, 0.29) is 19.3 Å². The number of aliphatic carboxylic acids is 2. The summed E-state index contributed by atoms with van der Waals surface area (Å²) in [6.07, 6.45) is -6.83. The number of ketones is 1. The van der Waals surface area contributed by atoms with Crippen molar-refractivity contribution in [3.8, 4) is 0 Å². The number of hydrogen-bond acceptors (Lipinski definition) is 6. The van der Waals surface area contributed by atoms with Gasteiger partial charge in [0.15, 0.2) is 11.9 Å². The van der Waals surface area contributed by atoms with Gasteiger partial charge in [0, 0.05) is 6.42 Å². The van der Waals surface area contributed by atoms with Crippen molar-refractivity contribution in [3.05, 3.63) is 35.9 Å². The Balaban J connectivity index is 2.61. The van der Waals surface area contributed by atoms with Crippen molar-refractivity contribution in [2.45, 2.75) is 37.6 Å². The number of hydrogen-bond donors (Lipinski definition) is 5. The predicted octanol–water partition coefficient (Wildman–Crippen LogP) is -0.553. The van der Waals surface area contributed by atoms with Crippen molar-refractivity contribution in [1.82, 2.24) is 0 Å². The van der Waals surface area contributed by atoms with Crippen molar-refractivity contribution < 1.29 is 39.9 Å². The lowest BCUT2D eigenvalue weighted by molar-refractivity contribution is -0.160. The first-order chi connectivity index (χ1) is 11.2. The van der Waals surface area contributed by atoms with Crippen LogP contribution < -0.4 is 0 Å². The van der Waals surface area contributed by atoms with Crippen LogP contribution in [0.25, 0.3) is 0 Å². The molecule has 8 nitrogen and oxygen atoms in total. The molecule has 0 fully saturated rings. The number of rotatable bonds is 10. The van der Waals surface area contributed by atoms with Crippen LogP contribution in [0.3, 0.4) is 0 Å². The Morgan fingerprint density at radius 2 is 1.46 bits per heavy atom. The molecule has 0 saturated carbocycles. The first-order valence-corrected chi connectivity index (χ1v) is 7.30. The van der Waals surface area contributed by atoms with Gasteiger partial charge in [-0.05, 0) is 18.4 Å². The molecule has 4 atom stereocenters. The van der Waals surface area contributed by atoms with Crippen LogP contribution in [0.2, 0.25) is 0 Å². The monoisotopic (exact) mass is 340 g/mol. The van der Waals surface area contributed by atoms with Crippen LogP contribution in [0.4, 0.5) is 0 Å². The summed E-state index contributed by atoms with van der Waals surface area (Å²) in [5.41, 5.74) is 0.777. The van der Waals surface area contributed by atoms with Gasteiger partial charge in [0.05, 0.1) is 5.92 Å². The fourth-order valence-electron chi connectivity index (χ4n) is 2.19. The number of aliphatic hydroxyl groups excluding tert-OH is 3. The number of aliphatic hydroxyl groups is 3. The maximum Gasteiger partial charge on any atom is 0.335 e. The molecule has 0 aliphatic rings. The number of Topliss-reactive ketones (excluding diaryl/α,β-unsaturated/α-hetero) is 1. The van der Waals surface area contributed by atoms with Gasteiger partial charge in [0.1, 0.15) is 12.2 Å². The Morgan fingerprint density at radius 3 is 1.96 bits per heavy atom. The van der Waals surface area contributed by atoms with Crippen LogP contribution in [0.5, 0.6) is 0 Å². The van der Waals surface area contributed by atoms with Gasteiger partial charge in [-0.15, -0.1) is 0 Å². The molecule has 0 radical (unpaired) electrons. The van der Waals surface area contributed by atoms with Crippen LogP contribution in [-0.4, -0.2) is 61.6 Å². The molecule has 1 rings (SSSR count). The molecule has 0 aliphatic carbocycles. The molecule has 24 heavy (non-hydrogen) atoms. The van der Waals surface area contributed by atoms with E-state index in [0.29, 0.717) is 0 Å². The highest BCUT2D eigenvalue weighted by Gasteiger charge is 2.34. The number of carboxylic acids is 2. The van der Waals surface area contributed by atoms with Crippen molar-refractivity contribution in [3.63, 3.8) is 0 Å². The Hall–Kier alpha value is -2.29. The van der Waals surface area contributed by atoms with Crippen LogP contribution in [0, 0.1) is 5.92 Å². The summed E-state index contributed by atoms with van der Waals surface area (Å²) in [4.78, 5) is 33.6. The minimum atomic E-state index is -2.30. The molecule has 0 unspecified atom stereocenters. The van der Waals surface area contributed by atoms with E-state index < -0.39 is 42.0 Å². The topological polar surface area (TPSA) is 152 Å². The van der Waals surface area contributed by atoms with Crippen LogP contribution in [-0.2, 0) is 20.8 Å². The summed E-state index contributed by atoms with van der Waals surface area (Å²) in [7, 11) is 0. The van der Waals surface area contributed by atoms with Gasteiger partial charge >= 0.3 is 11.9 Å². The highest BCUT2D eigenvalue weighted by atomic mass is 16.4. The van der Waals surface area contributed by atoms with Gasteiger partial charge in [0.25, 0.3) is 0 Å². The molecule has 0 saturated heterocycles. The van der Waals surface area contributed by atoms with Gasteiger partial charge in [-0.25, -0.2) is 4.79 Å². The van der Waals surface area contributed by atoms with E-state index in [4.69, 9.17) is 10.2 Å². The Labute approximate surface area is 138 Å². The molecule has 0 spiro atoms. The van der Waals surface area contributed by atoms with Crippen molar-refractivity contribution in [2.24, 2.45) is 5.92 Å². The normalized spacial score (nSPS) is 16.0. The molecule has 0 amide bonds. The quantitative estimate of drug-likeness (QED) is 0.380. The summed E-state index contributed by atoms with van der Waals surface area (Å²) in [6.45, 7) is 0. The van der Waals surface area contributed by atoms with Gasteiger partial charge in [0.2, 0.25) is 0 Å². The third-order valence-electron chi connectivity index (χ3n) is 3.64. The Morgan fingerprint density at radius 1 is 0.875 bits per heavy atom. The second-order valence-electron chi connectivity index (χ2n) is 5.45. The molecule has 132 valence electrons. The second-order valence-corrected chi connectivity index (χ2v) is 5.45. The average Bonchev–Trinajstić information content (AvgIpc) is 2.56. The lowest BCUT2D eigenvalue weighted by atomic mass is 9.92. The molecule has 0 aromatic heterocycles. The zero-order valence-electron chi connectivity index (χ0n) is 12.8. The Bertz CT molecular complexity index is 571. The summed E-state index contributed by atoms with van der Waals surface area (Å²) >= 11 is 0. The standard InChI is InChI=1S/C16H20O8/c17-11(12(18)13(19)14(20)16(23)24)7-6-10(15(21)22)8-9-4-2-1-3-5-9/h1-5,10,12-14,18-20H,6-8H2,(H,21,22)(H,23,24)/t10-,12-,13+,14+/m1/s1. The lowest BCUT2D eigenvalue weighted by Gasteiger charge is -2.20. The van der Waals surface area contributed by atoms with Crippen molar-refractivity contribution >= 4 is 17.7 Å². The summed E-state index contributed by atoms with van der Waals surface area (Å²) in [5, 5.41) is 45.9. The molecular weight excluding hydrogens is 320 g/mol. The van der Waals surface area contributed by atoms with Crippen LogP contribution in [0.15, 0.2) is 30.3 Å². The van der Waals surface area contributed by atoms with Gasteiger partial charge in [-0.1, -0.05) is 30.3 Å². The highest BCUT2D eigenvalue weighted by Crippen LogP contribution is 2.16. The van der Waals surface area contributed by atoms with E-state index >= 15 is 0 Å². The second kappa shape index (κ2) is 9.11. The SMILES string of the molecule is O=C(O)[C@H](CCC(=O)[C@@H](O)[C@H](O)[C@H](O)C(=O)O)Cc1ccccc1. The average molecular weight is 340 g/mol. The molecule has 8 heteroatoms. The number of carbonyl (C=O) groups is 3. The third kappa shape index (κ3) is 5.73. The van der Waals surface area contributed by atoms with E-state index in [1.54, 1.807) is 30.3 Å². The first-order valence-electron chi connectivity index (χ1n) is 7.30. The van der Waals surface area contributed by atoms with E-state index in [1.165, 1.54) is 0 Å². The van der Waals surface area contributed by atoms with E-state index in [2.05, 4.69) is 0 Å². The van der Waals surface area contributed by atoms with Gasteiger partial charge in [-0.3, -0.25) is 9.59 Å². The Kier molecular flexibility index (Phi) is 7.50. The van der Waals surface area contributed by atoms with Crippen LogP contribution >= 0.6 is 0 Å². The maximum atomic E-state index is 11.8. The van der Waals surface area contributed by atoms with E-state index in [9.17, 15) is 29.7 Å². The first kappa shape index (κ1) is 19.8. The molecule has 0 bridgehead atoms. The summed E-state index contributed by atoms with van der Waals surface area (Å²) in [6, 6.07) is 8.80. The fourth-order valence-corrected chi connectivity index (χ4v) is 2.19. The summed E-state index contributed by atoms with van der Waals surface area (Å²) < 4.78 is 0. The van der Waals surface area contributed by atoms with Gasteiger partial charge < -0.3 is 25.5 Å². The number of benzene rings is 1. The molecule has 5 N–H and O–H groups in total. The zero-order valence-corrected chi connectivity index (χ0v) is 12.8. The molecular formula is C16H20O8. The third-order valence-corrected chi connectivity index (χ3v) is 3.64. The summed E-state index contributed by atoms with van der Waals surface area (Å²) in [5.74, 6) is -4.68. The minimum absolute atomic E-state index is 0.0873. The number of carbonyl (C=O) groups excluding carboxylic acids is 1.